The molecule has 0 atom stereocenters. The largest absolute Gasteiger partial charge is 0.381 e. The molecule has 1 saturated carbocycles. The van der Waals surface area contributed by atoms with Gasteiger partial charge in [-0.05, 0) is 37.3 Å². The lowest BCUT2D eigenvalue weighted by atomic mass is 10.3. The Labute approximate surface area is 129 Å². The van der Waals surface area contributed by atoms with Crippen molar-refractivity contribution >= 4 is 5.91 Å². The van der Waals surface area contributed by atoms with Crippen LogP contribution in [0.3, 0.4) is 0 Å². The molecule has 1 aliphatic carbocycles. The number of ether oxygens (including phenoxy) is 1. The van der Waals surface area contributed by atoms with Crippen LogP contribution in [0.1, 0.15) is 29.8 Å². The van der Waals surface area contributed by atoms with Crippen LogP contribution in [0, 0.1) is 5.92 Å². The lowest BCUT2D eigenvalue weighted by Crippen LogP contribution is -2.25. The van der Waals surface area contributed by atoms with Crippen molar-refractivity contribution in [3.8, 4) is 5.69 Å². The minimum absolute atomic E-state index is 0.204. The third kappa shape index (κ3) is 4.14. The molecule has 1 N–H and O–H groups in total. The number of rotatable bonds is 8. The van der Waals surface area contributed by atoms with E-state index in [0.717, 1.165) is 24.6 Å². The molecule has 0 aliphatic heterocycles. The minimum atomic E-state index is -0.204. The molecule has 1 aliphatic rings. The quantitative estimate of drug-likeness (QED) is 0.755. The molecule has 0 spiro atoms. The number of benzene rings is 1. The van der Waals surface area contributed by atoms with E-state index in [9.17, 15) is 4.79 Å². The number of aromatic nitrogens is 3. The van der Waals surface area contributed by atoms with E-state index in [0.29, 0.717) is 18.8 Å². The van der Waals surface area contributed by atoms with Gasteiger partial charge in [0.2, 0.25) is 0 Å². The number of amides is 1. The Morgan fingerprint density at radius 1 is 1.32 bits per heavy atom. The Bertz CT molecular complexity index is 608. The smallest absolute Gasteiger partial charge is 0.273 e. The number of hydrogen-bond acceptors (Lipinski definition) is 4. The fraction of sp³-hybridized carbons (Fsp3) is 0.438. The summed E-state index contributed by atoms with van der Waals surface area (Å²) in [5.74, 6) is 0.576. The van der Waals surface area contributed by atoms with Gasteiger partial charge >= 0.3 is 0 Å². The highest BCUT2D eigenvalue weighted by Crippen LogP contribution is 2.28. The van der Waals surface area contributed by atoms with E-state index < -0.39 is 0 Å². The van der Waals surface area contributed by atoms with E-state index in [1.165, 1.54) is 12.8 Å². The van der Waals surface area contributed by atoms with Gasteiger partial charge in [0.25, 0.3) is 5.91 Å². The van der Waals surface area contributed by atoms with Gasteiger partial charge in [-0.3, -0.25) is 4.79 Å². The van der Waals surface area contributed by atoms with Gasteiger partial charge in [-0.25, -0.2) is 4.68 Å². The maximum Gasteiger partial charge on any atom is 0.273 e. The molecule has 22 heavy (non-hydrogen) atoms. The van der Waals surface area contributed by atoms with Crippen LogP contribution in [0.15, 0.2) is 36.5 Å². The Kier molecular flexibility index (Phi) is 4.80. The average Bonchev–Trinajstić information content (AvgIpc) is 3.24. The molecule has 6 heteroatoms. The van der Waals surface area contributed by atoms with Crippen molar-refractivity contribution in [3.63, 3.8) is 0 Å². The van der Waals surface area contributed by atoms with Crippen molar-refractivity contribution in [2.24, 2.45) is 5.92 Å². The summed E-state index contributed by atoms with van der Waals surface area (Å²) in [6.45, 7) is 2.13. The number of nitrogens with one attached hydrogen (secondary N) is 1. The summed E-state index contributed by atoms with van der Waals surface area (Å²) in [5, 5.41) is 10.7. The maximum absolute atomic E-state index is 12.0. The van der Waals surface area contributed by atoms with Crippen molar-refractivity contribution in [1.29, 1.82) is 0 Å². The van der Waals surface area contributed by atoms with Crippen LogP contribution in [0.2, 0.25) is 0 Å². The third-order valence-corrected chi connectivity index (χ3v) is 3.55. The zero-order valence-electron chi connectivity index (χ0n) is 12.4. The normalized spacial score (nSPS) is 14.0. The molecule has 1 aromatic heterocycles. The highest BCUT2D eigenvalue weighted by molar-refractivity contribution is 5.91. The molecule has 0 radical (unpaired) electrons. The Morgan fingerprint density at radius 3 is 2.91 bits per heavy atom. The van der Waals surface area contributed by atoms with Crippen LogP contribution in [0.4, 0.5) is 0 Å². The Hall–Kier alpha value is -2.21. The fourth-order valence-electron chi connectivity index (χ4n) is 2.08. The number of hydrogen-bond donors (Lipinski definition) is 1. The van der Waals surface area contributed by atoms with Crippen LogP contribution in [-0.2, 0) is 4.74 Å². The van der Waals surface area contributed by atoms with Gasteiger partial charge in [0.15, 0.2) is 5.69 Å². The van der Waals surface area contributed by atoms with Gasteiger partial charge in [-0.2, -0.15) is 0 Å². The highest BCUT2D eigenvalue weighted by Gasteiger charge is 2.20. The molecule has 6 nitrogen and oxygen atoms in total. The molecule has 1 fully saturated rings. The summed E-state index contributed by atoms with van der Waals surface area (Å²) >= 11 is 0. The van der Waals surface area contributed by atoms with Gasteiger partial charge in [0.05, 0.1) is 11.9 Å². The van der Waals surface area contributed by atoms with E-state index in [2.05, 4.69) is 15.6 Å². The number of carbonyl (C=O) groups excluding carboxylic acids is 1. The number of para-hydroxylation sites is 1. The van der Waals surface area contributed by atoms with Crippen molar-refractivity contribution in [2.75, 3.05) is 19.8 Å². The summed E-state index contributed by atoms with van der Waals surface area (Å²) in [6.07, 6.45) is 5.04. The second-order valence-electron chi connectivity index (χ2n) is 5.51. The van der Waals surface area contributed by atoms with Gasteiger partial charge in [-0.15, -0.1) is 5.10 Å². The topological polar surface area (TPSA) is 69.0 Å². The second-order valence-corrected chi connectivity index (χ2v) is 5.51. The summed E-state index contributed by atoms with van der Waals surface area (Å²) in [7, 11) is 0. The highest BCUT2D eigenvalue weighted by atomic mass is 16.5. The molecular weight excluding hydrogens is 280 g/mol. The molecule has 3 rings (SSSR count). The second kappa shape index (κ2) is 7.17. The minimum Gasteiger partial charge on any atom is -0.381 e. The van der Waals surface area contributed by atoms with E-state index >= 15 is 0 Å². The Balaban J connectivity index is 1.41. The van der Waals surface area contributed by atoms with Crippen LogP contribution in [0.25, 0.3) is 5.69 Å². The summed E-state index contributed by atoms with van der Waals surface area (Å²) in [5.41, 5.74) is 1.20. The monoisotopic (exact) mass is 300 g/mol. The summed E-state index contributed by atoms with van der Waals surface area (Å²) in [4.78, 5) is 12.0. The van der Waals surface area contributed by atoms with Crippen LogP contribution in [-0.4, -0.2) is 40.7 Å². The SMILES string of the molecule is O=C(NCCCOCC1CC1)c1cn(-c2ccccc2)nn1. The van der Waals surface area contributed by atoms with Crippen molar-refractivity contribution in [2.45, 2.75) is 19.3 Å². The van der Waals surface area contributed by atoms with Crippen LogP contribution < -0.4 is 5.32 Å². The van der Waals surface area contributed by atoms with Crippen LogP contribution in [0.5, 0.6) is 0 Å². The van der Waals surface area contributed by atoms with Gasteiger partial charge < -0.3 is 10.1 Å². The van der Waals surface area contributed by atoms with E-state index in [1.54, 1.807) is 10.9 Å². The van der Waals surface area contributed by atoms with Crippen molar-refractivity contribution < 1.29 is 9.53 Å². The molecule has 1 amide bonds. The average molecular weight is 300 g/mol. The molecule has 1 aromatic carbocycles. The molecule has 0 saturated heterocycles. The van der Waals surface area contributed by atoms with Gasteiger partial charge in [0.1, 0.15) is 0 Å². The van der Waals surface area contributed by atoms with E-state index in [1.807, 2.05) is 30.3 Å². The fourth-order valence-corrected chi connectivity index (χ4v) is 2.08. The number of nitrogens with zero attached hydrogens (tertiary/aromatic N) is 3. The van der Waals surface area contributed by atoms with Crippen LogP contribution >= 0.6 is 0 Å². The standard InChI is InChI=1S/C16H20N4O2/c21-16(17-9-4-10-22-12-13-7-8-13)15-11-20(19-18-15)14-5-2-1-3-6-14/h1-3,5-6,11,13H,4,7-10,12H2,(H,17,21). The molecule has 0 unspecified atom stereocenters. The predicted molar refractivity (Wildman–Crippen MR) is 81.9 cm³/mol. The van der Waals surface area contributed by atoms with E-state index in [4.69, 9.17) is 4.74 Å². The molecule has 116 valence electrons. The predicted octanol–water partition coefficient (Wildman–Crippen LogP) is 1.81. The first kappa shape index (κ1) is 14.7. The number of carbonyl (C=O) groups is 1. The summed E-state index contributed by atoms with van der Waals surface area (Å²) < 4.78 is 7.11. The van der Waals surface area contributed by atoms with Crippen molar-refractivity contribution in [3.05, 3.63) is 42.2 Å². The Morgan fingerprint density at radius 2 is 2.14 bits per heavy atom. The zero-order valence-corrected chi connectivity index (χ0v) is 12.4. The lowest BCUT2D eigenvalue weighted by Gasteiger charge is -2.04. The van der Waals surface area contributed by atoms with E-state index in [-0.39, 0.29) is 5.91 Å². The van der Waals surface area contributed by atoms with Gasteiger partial charge in [0, 0.05) is 19.8 Å². The molecular formula is C16H20N4O2. The molecule has 1 heterocycles. The molecule has 2 aromatic rings. The first-order valence-electron chi connectivity index (χ1n) is 7.66. The molecule has 0 bridgehead atoms. The first-order valence-corrected chi connectivity index (χ1v) is 7.66. The van der Waals surface area contributed by atoms with Crippen molar-refractivity contribution in [1.82, 2.24) is 20.3 Å². The maximum atomic E-state index is 12.0. The first-order chi connectivity index (χ1) is 10.8. The zero-order chi connectivity index (χ0) is 15.2. The lowest BCUT2D eigenvalue weighted by molar-refractivity contribution is 0.0932. The third-order valence-electron chi connectivity index (χ3n) is 3.55. The summed E-state index contributed by atoms with van der Waals surface area (Å²) in [6, 6.07) is 9.58. The van der Waals surface area contributed by atoms with Gasteiger partial charge in [-0.1, -0.05) is 23.4 Å².